The molecule has 2 heterocycles. The van der Waals surface area contributed by atoms with Gasteiger partial charge in [-0.15, -0.1) is 0 Å². The zero-order valence-electron chi connectivity index (χ0n) is 12.0. The maximum atomic E-state index is 5.03. The topological polar surface area (TPSA) is 56.9 Å². The Hall–Kier alpha value is -1.66. The van der Waals surface area contributed by atoms with Crippen LogP contribution in [0.4, 0.5) is 0 Å². The van der Waals surface area contributed by atoms with Gasteiger partial charge in [-0.3, -0.25) is 4.68 Å². The molecule has 1 N–H and O–H groups in total. The Morgan fingerprint density at radius 2 is 2.16 bits per heavy atom. The summed E-state index contributed by atoms with van der Waals surface area (Å²) in [7, 11) is 3.65. The van der Waals surface area contributed by atoms with Gasteiger partial charge in [0.05, 0.1) is 18.5 Å². The summed E-state index contributed by atoms with van der Waals surface area (Å²) in [5.41, 5.74) is 3.33. The van der Waals surface area contributed by atoms with E-state index in [1.54, 1.807) is 7.11 Å². The molecule has 0 aliphatic rings. The summed E-state index contributed by atoms with van der Waals surface area (Å²) in [5.74, 6) is 1.01. The molecule has 0 bridgehead atoms. The number of hydrogen-bond acceptors (Lipinski definition) is 4. The molecule has 6 nitrogen and oxygen atoms in total. The number of aryl methyl sites for hydroxylation is 3. The van der Waals surface area contributed by atoms with Crippen LogP contribution in [0.15, 0.2) is 12.4 Å². The van der Waals surface area contributed by atoms with E-state index in [4.69, 9.17) is 4.74 Å². The standard InChI is InChI=1S/C13H21N5O/c1-10-7-15-18(9-10)13-12(8-14-5-6-19-4)11(2)16-17(13)3/h7,9,14H,5-6,8H2,1-4H3. The number of aromatic nitrogens is 4. The maximum absolute atomic E-state index is 5.03. The van der Waals surface area contributed by atoms with Crippen molar-refractivity contribution in [2.75, 3.05) is 20.3 Å². The van der Waals surface area contributed by atoms with Crippen molar-refractivity contribution in [1.82, 2.24) is 24.9 Å². The van der Waals surface area contributed by atoms with Gasteiger partial charge in [-0.1, -0.05) is 0 Å². The van der Waals surface area contributed by atoms with E-state index in [0.29, 0.717) is 6.61 Å². The van der Waals surface area contributed by atoms with E-state index in [1.165, 1.54) is 5.56 Å². The van der Waals surface area contributed by atoms with E-state index >= 15 is 0 Å². The van der Waals surface area contributed by atoms with Crippen LogP contribution in [0, 0.1) is 13.8 Å². The molecule has 0 radical (unpaired) electrons. The first kappa shape index (κ1) is 13.8. The summed E-state index contributed by atoms with van der Waals surface area (Å²) < 4.78 is 8.78. The Morgan fingerprint density at radius 3 is 2.79 bits per heavy atom. The highest BCUT2D eigenvalue weighted by Crippen LogP contribution is 2.17. The minimum Gasteiger partial charge on any atom is -0.383 e. The summed E-state index contributed by atoms with van der Waals surface area (Å²) in [6.07, 6.45) is 3.86. The molecule has 0 saturated carbocycles. The van der Waals surface area contributed by atoms with Crippen LogP contribution in [-0.4, -0.2) is 39.8 Å². The number of rotatable bonds is 6. The highest BCUT2D eigenvalue weighted by molar-refractivity contribution is 5.37. The van der Waals surface area contributed by atoms with Gasteiger partial charge < -0.3 is 10.1 Å². The fourth-order valence-electron chi connectivity index (χ4n) is 2.10. The van der Waals surface area contributed by atoms with Gasteiger partial charge in [-0.05, 0) is 19.4 Å². The fourth-order valence-corrected chi connectivity index (χ4v) is 2.10. The largest absolute Gasteiger partial charge is 0.383 e. The van der Waals surface area contributed by atoms with Crippen molar-refractivity contribution in [1.29, 1.82) is 0 Å². The molecular formula is C13H21N5O. The summed E-state index contributed by atoms with van der Waals surface area (Å²) in [4.78, 5) is 0. The van der Waals surface area contributed by atoms with Crippen LogP contribution in [-0.2, 0) is 18.3 Å². The predicted molar refractivity (Wildman–Crippen MR) is 73.4 cm³/mol. The van der Waals surface area contributed by atoms with Crippen molar-refractivity contribution in [2.45, 2.75) is 20.4 Å². The van der Waals surface area contributed by atoms with E-state index in [0.717, 1.165) is 30.2 Å². The third-order valence-electron chi connectivity index (χ3n) is 3.03. The normalized spacial score (nSPS) is 11.2. The first-order chi connectivity index (χ1) is 9.13. The molecule has 104 valence electrons. The van der Waals surface area contributed by atoms with Crippen molar-refractivity contribution < 1.29 is 4.74 Å². The highest BCUT2D eigenvalue weighted by Gasteiger charge is 2.15. The van der Waals surface area contributed by atoms with Crippen LogP contribution in [0.5, 0.6) is 0 Å². The zero-order valence-corrected chi connectivity index (χ0v) is 12.0. The highest BCUT2D eigenvalue weighted by atomic mass is 16.5. The van der Waals surface area contributed by atoms with Gasteiger partial charge in [0.15, 0.2) is 5.82 Å². The lowest BCUT2D eigenvalue weighted by molar-refractivity contribution is 0.199. The molecule has 0 amide bonds. The monoisotopic (exact) mass is 263 g/mol. The van der Waals surface area contributed by atoms with Gasteiger partial charge in [0, 0.05) is 39.0 Å². The maximum Gasteiger partial charge on any atom is 0.156 e. The minimum absolute atomic E-state index is 0.704. The van der Waals surface area contributed by atoms with Gasteiger partial charge in [-0.2, -0.15) is 10.2 Å². The molecule has 0 unspecified atom stereocenters. The molecule has 2 aromatic heterocycles. The van der Waals surface area contributed by atoms with Crippen molar-refractivity contribution in [3.05, 3.63) is 29.2 Å². The Morgan fingerprint density at radius 1 is 1.37 bits per heavy atom. The average molecular weight is 263 g/mol. The molecule has 2 aromatic rings. The lowest BCUT2D eigenvalue weighted by Crippen LogP contribution is -2.20. The van der Waals surface area contributed by atoms with Gasteiger partial charge in [0.1, 0.15) is 0 Å². The lowest BCUT2D eigenvalue weighted by Gasteiger charge is -2.08. The predicted octanol–water partition coefficient (Wildman–Crippen LogP) is 0.959. The molecule has 0 spiro atoms. The molecule has 6 heteroatoms. The molecule has 0 saturated heterocycles. The molecule has 0 aliphatic heterocycles. The molecular weight excluding hydrogens is 242 g/mol. The van der Waals surface area contributed by atoms with Crippen molar-refractivity contribution >= 4 is 0 Å². The molecule has 0 aliphatic carbocycles. The van der Waals surface area contributed by atoms with Crippen LogP contribution in [0.3, 0.4) is 0 Å². The summed E-state index contributed by atoms with van der Waals surface area (Å²) in [6, 6.07) is 0. The van der Waals surface area contributed by atoms with Gasteiger partial charge in [0.25, 0.3) is 0 Å². The Labute approximate surface area is 113 Å². The number of nitrogens with one attached hydrogen (secondary N) is 1. The third kappa shape index (κ3) is 3.02. The van der Waals surface area contributed by atoms with E-state index < -0.39 is 0 Å². The second kappa shape index (κ2) is 5.99. The summed E-state index contributed by atoms with van der Waals surface area (Å²) >= 11 is 0. The Kier molecular flexibility index (Phi) is 4.34. The number of hydrogen-bond donors (Lipinski definition) is 1. The van der Waals surface area contributed by atoms with E-state index in [1.807, 2.05) is 42.7 Å². The van der Waals surface area contributed by atoms with Crippen LogP contribution < -0.4 is 5.32 Å². The number of methoxy groups -OCH3 is 1. The van der Waals surface area contributed by atoms with Crippen LogP contribution in [0.1, 0.15) is 16.8 Å². The first-order valence-corrected chi connectivity index (χ1v) is 6.37. The number of ether oxygens (including phenoxy) is 1. The van der Waals surface area contributed by atoms with Crippen LogP contribution in [0.2, 0.25) is 0 Å². The fraction of sp³-hybridized carbons (Fsp3) is 0.538. The molecule has 19 heavy (non-hydrogen) atoms. The minimum atomic E-state index is 0.704. The molecule has 0 fully saturated rings. The quantitative estimate of drug-likeness (QED) is 0.789. The van der Waals surface area contributed by atoms with E-state index in [-0.39, 0.29) is 0 Å². The van der Waals surface area contributed by atoms with Gasteiger partial charge >= 0.3 is 0 Å². The Balaban J connectivity index is 2.22. The first-order valence-electron chi connectivity index (χ1n) is 6.37. The lowest BCUT2D eigenvalue weighted by atomic mass is 10.2. The van der Waals surface area contributed by atoms with Crippen molar-refractivity contribution in [3.63, 3.8) is 0 Å². The van der Waals surface area contributed by atoms with Gasteiger partial charge in [-0.25, -0.2) is 4.68 Å². The average Bonchev–Trinajstić information content (AvgIpc) is 2.89. The summed E-state index contributed by atoms with van der Waals surface area (Å²) in [6.45, 7) is 6.34. The van der Waals surface area contributed by atoms with Gasteiger partial charge in [0.2, 0.25) is 0 Å². The van der Waals surface area contributed by atoms with Crippen molar-refractivity contribution in [2.24, 2.45) is 7.05 Å². The van der Waals surface area contributed by atoms with E-state index in [2.05, 4.69) is 15.5 Å². The Bertz CT molecular complexity index is 543. The second-order valence-electron chi connectivity index (χ2n) is 4.64. The molecule has 0 atom stereocenters. The van der Waals surface area contributed by atoms with E-state index in [9.17, 15) is 0 Å². The van der Waals surface area contributed by atoms with Crippen LogP contribution in [0.25, 0.3) is 5.82 Å². The van der Waals surface area contributed by atoms with Crippen molar-refractivity contribution in [3.8, 4) is 5.82 Å². The molecule has 2 rings (SSSR count). The third-order valence-corrected chi connectivity index (χ3v) is 3.03. The van der Waals surface area contributed by atoms with Crippen LogP contribution >= 0.6 is 0 Å². The smallest absolute Gasteiger partial charge is 0.156 e. The second-order valence-corrected chi connectivity index (χ2v) is 4.64. The SMILES string of the molecule is COCCNCc1c(C)nn(C)c1-n1cc(C)cn1. The summed E-state index contributed by atoms with van der Waals surface area (Å²) in [5, 5.41) is 12.2. The number of nitrogens with zero attached hydrogens (tertiary/aromatic N) is 4. The zero-order chi connectivity index (χ0) is 13.8. The molecule has 0 aromatic carbocycles.